The lowest BCUT2D eigenvalue weighted by Gasteiger charge is -2.00. The summed E-state index contributed by atoms with van der Waals surface area (Å²) in [6.07, 6.45) is 5.74. The maximum atomic E-state index is 9.85. The summed E-state index contributed by atoms with van der Waals surface area (Å²) < 4.78 is 2.09. The van der Waals surface area contributed by atoms with E-state index in [1.807, 2.05) is 24.5 Å². The molecule has 0 saturated carbocycles. The van der Waals surface area contributed by atoms with E-state index in [4.69, 9.17) is 0 Å². The molecule has 0 aliphatic carbocycles. The molecule has 60 valence electrons. The molecule has 0 bridgehead atoms. The minimum Gasteiger partial charge on any atom is -0.359 e. The maximum Gasteiger partial charge on any atom is 0.207 e. The van der Waals surface area contributed by atoms with Crippen LogP contribution in [0.15, 0.2) is 24.5 Å². The van der Waals surface area contributed by atoms with Crippen LogP contribution in [0.3, 0.4) is 0 Å². The van der Waals surface area contributed by atoms with Gasteiger partial charge in [-0.3, -0.25) is 4.79 Å². The second-order valence-electron chi connectivity index (χ2n) is 2.35. The number of hydrogen-bond acceptors (Lipinski definition) is 1. The van der Waals surface area contributed by atoms with Gasteiger partial charge >= 0.3 is 0 Å². The van der Waals surface area contributed by atoms with Crippen LogP contribution >= 0.6 is 0 Å². The molecular weight excluding hydrogens is 140 g/mol. The van der Waals surface area contributed by atoms with Gasteiger partial charge in [0.25, 0.3) is 0 Å². The van der Waals surface area contributed by atoms with Crippen molar-refractivity contribution in [2.45, 2.75) is 13.0 Å². The lowest BCUT2D eigenvalue weighted by Crippen LogP contribution is -2.13. The Kier molecular flexibility index (Phi) is 3.25. The van der Waals surface area contributed by atoms with E-state index in [1.54, 1.807) is 0 Å². The maximum absolute atomic E-state index is 9.85. The van der Waals surface area contributed by atoms with Gasteiger partial charge in [-0.2, -0.15) is 0 Å². The van der Waals surface area contributed by atoms with Gasteiger partial charge < -0.3 is 9.88 Å². The third-order valence-corrected chi connectivity index (χ3v) is 1.49. The van der Waals surface area contributed by atoms with E-state index in [2.05, 4.69) is 9.88 Å². The van der Waals surface area contributed by atoms with Crippen molar-refractivity contribution < 1.29 is 4.79 Å². The zero-order valence-corrected chi connectivity index (χ0v) is 6.36. The van der Waals surface area contributed by atoms with E-state index in [-0.39, 0.29) is 0 Å². The highest BCUT2D eigenvalue weighted by molar-refractivity contribution is 5.45. The number of amides is 1. The Hall–Kier alpha value is -1.25. The minimum absolute atomic E-state index is 0.732. The molecule has 1 N–H and O–H groups in total. The highest BCUT2D eigenvalue weighted by Gasteiger charge is 1.87. The van der Waals surface area contributed by atoms with Gasteiger partial charge in [0.15, 0.2) is 0 Å². The molecule has 3 nitrogen and oxygen atoms in total. The second kappa shape index (κ2) is 4.55. The van der Waals surface area contributed by atoms with E-state index >= 15 is 0 Å². The van der Waals surface area contributed by atoms with Crippen molar-refractivity contribution >= 4 is 6.41 Å². The van der Waals surface area contributed by atoms with Gasteiger partial charge in [-0.05, 0) is 18.6 Å². The Morgan fingerprint density at radius 1 is 1.36 bits per heavy atom. The summed E-state index contributed by atoms with van der Waals surface area (Å²) in [5.74, 6) is 0. The van der Waals surface area contributed by atoms with Crippen LogP contribution in [0.4, 0.5) is 0 Å². The first-order chi connectivity index (χ1) is 5.43. The van der Waals surface area contributed by atoms with Crippen LogP contribution in [-0.2, 0) is 11.3 Å². The lowest BCUT2D eigenvalue weighted by atomic mass is 10.4. The molecule has 1 rings (SSSR count). The molecule has 0 atom stereocenters. The predicted octanol–water partition coefficient (Wildman–Crippen LogP) is 0.624. The van der Waals surface area contributed by atoms with Crippen LogP contribution in [0.25, 0.3) is 0 Å². The Morgan fingerprint density at radius 2 is 2.09 bits per heavy atom. The smallest absolute Gasteiger partial charge is 0.207 e. The van der Waals surface area contributed by atoms with Gasteiger partial charge in [0.05, 0.1) is 0 Å². The molecule has 3 heteroatoms. The molecule has 11 heavy (non-hydrogen) atoms. The molecule has 1 heterocycles. The molecule has 0 fully saturated rings. The Labute approximate surface area is 66.0 Å². The second-order valence-corrected chi connectivity index (χ2v) is 2.35. The van der Waals surface area contributed by atoms with E-state index in [0.717, 1.165) is 25.9 Å². The number of nitrogens with one attached hydrogen (secondary N) is 1. The molecule has 0 saturated heterocycles. The Balaban J connectivity index is 2.09. The lowest BCUT2D eigenvalue weighted by molar-refractivity contribution is -0.109. The molecular formula is C8H12N2O. The highest BCUT2D eigenvalue weighted by atomic mass is 16.1. The van der Waals surface area contributed by atoms with E-state index in [0.29, 0.717) is 0 Å². The fourth-order valence-electron chi connectivity index (χ4n) is 0.942. The first-order valence-corrected chi connectivity index (χ1v) is 3.71. The number of aromatic nitrogens is 1. The quantitative estimate of drug-likeness (QED) is 0.487. The van der Waals surface area contributed by atoms with Crippen LogP contribution in [0.1, 0.15) is 6.42 Å². The average Bonchev–Trinajstić information content (AvgIpc) is 2.50. The zero-order chi connectivity index (χ0) is 7.94. The monoisotopic (exact) mass is 152 g/mol. The number of rotatable bonds is 5. The third kappa shape index (κ3) is 2.89. The van der Waals surface area contributed by atoms with Crippen molar-refractivity contribution in [3.8, 4) is 0 Å². The highest BCUT2D eigenvalue weighted by Crippen LogP contribution is 1.91. The van der Waals surface area contributed by atoms with Gasteiger partial charge in [-0.1, -0.05) is 0 Å². The Morgan fingerprint density at radius 3 is 2.73 bits per heavy atom. The van der Waals surface area contributed by atoms with Crippen molar-refractivity contribution in [2.75, 3.05) is 6.54 Å². The summed E-state index contributed by atoms with van der Waals surface area (Å²) in [4.78, 5) is 9.85. The Bertz CT molecular complexity index is 194. The minimum atomic E-state index is 0.732. The van der Waals surface area contributed by atoms with Crippen LogP contribution in [0, 0.1) is 0 Å². The van der Waals surface area contributed by atoms with Gasteiger partial charge in [-0.25, -0.2) is 0 Å². The molecule has 0 spiro atoms. The van der Waals surface area contributed by atoms with Crippen LogP contribution < -0.4 is 5.32 Å². The zero-order valence-electron chi connectivity index (χ0n) is 6.36. The summed E-state index contributed by atoms with van der Waals surface area (Å²) in [5.41, 5.74) is 0. The van der Waals surface area contributed by atoms with E-state index in [1.165, 1.54) is 0 Å². The van der Waals surface area contributed by atoms with Gasteiger partial charge in [0.1, 0.15) is 0 Å². The van der Waals surface area contributed by atoms with Crippen LogP contribution in [-0.4, -0.2) is 17.5 Å². The topological polar surface area (TPSA) is 34.0 Å². The van der Waals surface area contributed by atoms with E-state index in [9.17, 15) is 4.79 Å². The summed E-state index contributed by atoms with van der Waals surface area (Å²) >= 11 is 0. The molecule has 0 aromatic carbocycles. The number of nitrogens with zero attached hydrogens (tertiary/aromatic N) is 1. The number of carbonyl (C=O) groups excluding carboxylic acids is 1. The van der Waals surface area contributed by atoms with Crippen LogP contribution in [0.2, 0.25) is 0 Å². The number of aryl methyl sites for hydroxylation is 1. The molecule has 1 amide bonds. The standard InChI is InChI=1S/C8H12N2O/c11-8-9-4-3-7-10-5-1-2-6-10/h1-2,5-6,8H,3-4,7H2,(H,9,11). The average molecular weight is 152 g/mol. The van der Waals surface area contributed by atoms with Crippen molar-refractivity contribution in [1.82, 2.24) is 9.88 Å². The first-order valence-electron chi connectivity index (χ1n) is 3.71. The first kappa shape index (κ1) is 7.85. The van der Waals surface area contributed by atoms with Crippen molar-refractivity contribution in [2.24, 2.45) is 0 Å². The molecule has 0 aliphatic heterocycles. The molecule has 0 aliphatic rings. The number of hydrogen-bond donors (Lipinski definition) is 1. The van der Waals surface area contributed by atoms with Crippen LogP contribution in [0.5, 0.6) is 0 Å². The van der Waals surface area contributed by atoms with Crippen molar-refractivity contribution in [3.05, 3.63) is 24.5 Å². The summed E-state index contributed by atoms with van der Waals surface area (Å²) in [7, 11) is 0. The van der Waals surface area contributed by atoms with Crippen molar-refractivity contribution in [1.29, 1.82) is 0 Å². The van der Waals surface area contributed by atoms with Gasteiger partial charge in [-0.15, -0.1) is 0 Å². The predicted molar refractivity (Wildman–Crippen MR) is 43.1 cm³/mol. The number of carbonyl (C=O) groups is 1. The normalized spacial score (nSPS) is 9.45. The summed E-state index contributed by atoms with van der Waals surface area (Å²) in [6.45, 7) is 1.72. The molecule has 0 radical (unpaired) electrons. The largest absolute Gasteiger partial charge is 0.359 e. The van der Waals surface area contributed by atoms with Gasteiger partial charge in [0, 0.05) is 25.5 Å². The molecule has 0 unspecified atom stereocenters. The fraction of sp³-hybridized carbons (Fsp3) is 0.375. The molecule has 1 aromatic heterocycles. The SMILES string of the molecule is O=CNCCCn1cccc1. The van der Waals surface area contributed by atoms with Gasteiger partial charge in [0.2, 0.25) is 6.41 Å². The third-order valence-electron chi connectivity index (χ3n) is 1.49. The molecule has 1 aromatic rings. The summed E-state index contributed by atoms with van der Waals surface area (Å²) in [5, 5.41) is 2.62. The summed E-state index contributed by atoms with van der Waals surface area (Å²) in [6, 6.07) is 3.99. The van der Waals surface area contributed by atoms with Crippen molar-refractivity contribution in [3.63, 3.8) is 0 Å². The van der Waals surface area contributed by atoms with E-state index < -0.39 is 0 Å². The fourth-order valence-corrected chi connectivity index (χ4v) is 0.942.